The number of aromatic nitrogens is 4. The molecule has 0 bridgehead atoms. The molecule has 0 saturated carbocycles. The average Bonchev–Trinajstić information content (AvgIpc) is 3.67. The molecule has 9 nitrogen and oxygen atoms in total. The number of nitrogens with one attached hydrogen (secondary N) is 3. The van der Waals surface area contributed by atoms with Gasteiger partial charge in [-0.25, -0.2) is 13.8 Å². The van der Waals surface area contributed by atoms with E-state index in [4.69, 9.17) is 4.74 Å². The molecule has 1 atom stereocenters. The summed E-state index contributed by atoms with van der Waals surface area (Å²) in [5.41, 5.74) is 0.997. The molecule has 0 unspecified atom stereocenters. The predicted molar refractivity (Wildman–Crippen MR) is 193 cm³/mol. The zero-order valence-corrected chi connectivity index (χ0v) is 30.2. The molecule has 1 aliphatic heterocycles. The first kappa shape index (κ1) is 35.6. The number of hydrogen-bond acceptors (Lipinski definition) is 7. The summed E-state index contributed by atoms with van der Waals surface area (Å²) in [4.78, 5) is 24.0. The topological polar surface area (TPSA) is 108 Å². The van der Waals surface area contributed by atoms with Crippen molar-refractivity contribution < 1.29 is 18.3 Å². The van der Waals surface area contributed by atoms with E-state index in [1.165, 1.54) is 37.8 Å². The molecule has 1 amide bonds. The monoisotopic (exact) mass is 681 g/mol. The number of hydrogen-bond donors (Lipinski definition) is 3. The molecule has 5 rings (SSSR count). The summed E-state index contributed by atoms with van der Waals surface area (Å²) in [6.45, 7) is 20.4. The number of carbonyl (C=O) groups is 1. The first-order valence-electron chi connectivity index (χ1n) is 16.8. The van der Waals surface area contributed by atoms with E-state index >= 15 is 0 Å². The van der Waals surface area contributed by atoms with Crippen LogP contribution >= 0.6 is 7.26 Å². The maximum atomic E-state index is 13.9. The Kier molecular flexibility index (Phi) is 10.7. The van der Waals surface area contributed by atoms with Crippen molar-refractivity contribution in [2.24, 2.45) is 0 Å². The number of ether oxygens (including phenoxy) is 1. The Morgan fingerprint density at radius 3 is 2.58 bits per heavy atom. The van der Waals surface area contributed by atoms with E-state index in [1.54, 1.807) is 6.07 Å². The molecular weight excluding hydrogens is 631 g/mol. The standard InChI is InChI=1S/C36H50F2N7O2P/c1-35(2,3)48(7,36(4,5)6)32-14-11-18-45(32)17-8-9-19-47-25-15-16-26-29(22-25)39-23-40-34(26)42-30-20-24(43-44-30)21-31(46)41-28-13-10-12-27(37)33(28)38/h10,12-13,15-16,20,22-23,32,48H,8-9,11,14,17-19,21H2,1-7H3,(H,41,46)(H2,39,40,42,43,44)/t32-/m0/s1. The summed E-state index contributed by atoms with van der Waals surface area (Å²) in [7, 11) is -1.65. The first-order valence-corrected chi connectivity index (χ1v) is 19.4. The number of anilines is 3. The van der Waals surface area contributed by atoms with Crippen molar-refractivity contribution in [3.05, 3.63) is 66.1 Å². The van der Waals surface area contributed by atoms with Crippen molar-refractivity contribution in [3.63, 3.8) is 0 Å². The third-order valence-electron chi connectivity index (χ3n) is 10.3. The van der Waals surface area contributed by atoms with Crippen molar-refractivity contribution >= 4 is 41.4 Å². The normalized spacial score (nSPS) is 16.3. The van der Waals surface area contributed by atoms with Gasteiger partial charge in [-0.2, -0.15) is 5.10 Å². The van der Waals surface area contributed by atoms with Crippen LogP contribution in [0.1, 0.15) is 72.9 Å². The Bertz CT molecular complexity index is 1720. The van der Waals surface area contributed by atoms with E-state index < -0.39 is 24.8 Å². The number of aromatic amines is 1. The van der Waals surface area contributed by atoms with Crippen molar-refractivity contribution in [1.29, 1.82) is 0 Å². The van der Waals surface area contributed by atoms with Crippen LogP contribution in [0.15, 0.2) is 48.8 Å². The summed E-state index contributed by atoms with van der Waals surface area (Å²) >= 11 is 0. The van der Waals surface area contributed by atoms with Crippen LogP contribution < -0.4 is 15.4 Å². The second-order valence-electron chi connectivity index (χ2n) is 15.1. The number of rotatable bonds is 12. The van der Waals surface area contributed by atoms with Gasteiger partial charge in [-0.15, -0.1) is 0 Å². The zero-order chi connectivity index (χ0) is 34.7. The Morgan fingerprint density at radius 1 is 1.06 bits per heavy atom. The summed E-state index contributed by atoms with van der Waals surface area (Å²) in [5, 5.41) is 14.0. The van der Waals surface area contributed by atoms with Crippen LogP contribution in [0.4, 0.5) is 26.1 Å². The molecule has 1 fully saturated rings. The van der Waals surface area contributed by atoms with Gasteiger partial charge in [0.2, 0.25) is 5.91 Å². The Labute approximate surface area is 283 Å². The van der Waals surface area contributed by atoms with Gasteiger partial charge >= 0.3 is 179 Å². The number of benzene rings is 2. The van der Waals surface area contributed by atoms with Gasteiger partial charge in [0.15, 0.2) is 17.5 Å². The van der Waals surface area contributed by atoms with E-state index in [0.717, 1.165) is 42.1 Å². The first-order chi connectivity index (χ1) is 22.7. The minimum atomic E-state index is -1.65. The van der Waals surface area contributed by atoms with Crippen LogP contribution in [-0.4, -0.2) is 73.4 Å². The number of fused-ring (bicyclic) bond motifs is 1. The maximum absolute atomic E-state index is 13.9. The number of unbranched alkanes of at least 4 members (excludes halogenated alkanes) is 1. The van der Waals surface area contributed by atoms with E-state index in [-0.39, 0.29) is 12.1 Å². The van der Waals surface area contributed by atoms with Crippen molar-refractivity contribution in [2.75, 3.05) is 37.0 Å². The summed E-state index contributed by atoms with van der Waals surface area (Å²) in [6, 6.07) is 11.0. The molecular formula is C36H50F2N7O2P. The quantitative estimate of drug-likeness (QED) is 0.102. The van der Waals surface area contributed by atoms with Gasteiger partial charge in [0.25, 0.3) is 0 Å². The van der Waals surface area contributed by atoms with E-state index in [0.29, 0.717) is 40.0 Å². The van der Waals surface area contributed by atoms with Crippen molar-refractivity contribution in [2.45, 2.75) is 89.7 Å². The van der Waals surface area contributed by atoms with Crippen LogP contribution in [0.3, 0.4) is 0 Å². The average molecular weight is 682 g/mol. The van der Waals surface area contributed by atoms with E-state index in [9.17, 15) is 13.6 Å². The fourth-order valence-electron chi connectivity index (χ4n) is 7.31. The molecule has 260 valence electrons. The van der Waals surface area contributed by atoms with E-state index in [1.807, 2.05) is 18.2 Å². The molecule has 12 heteroatoms. The molecule has 0 radical (unpaired) electrons. The van der Waals surface area contributed by atoms with Gasteiger partial charge in [0.05, 0.1) is 12.1 Å². The molecule has 1 saturated heterocycles. The number of nitrogens with zero attached hydrogens (tertiary/aromatic N) is 4. The number of likely N-dealkylation sites (tertiary alicyclic amines) is 1. The number of amides is 1. The Hall–Kier alpha value is -3.69. The molecule has 1 aliphatic rings. The van der Waals surface area contributed by atoms with E-state index in [2.05, 4.69) is 83.9 Å². The van der Waals surface area contributed by atoms with Gasteiger partial charge in [-0.05, 0) is 12.1 Å². The molecule has 4 aromatic rings. The van der Waals surface area contributed by atoms with Gasteiger partial charge in [-0.1, -0.05) is 6.07 Å². The van der Waals surface area contributed by atoms with Gasteiger partial charge in [0.1, 0.15) is 0 Å². The van der Waals surface area contributed by atoms with Gasteiger partial charge in [-0.3, -0.25) is 9.89 Å². The molecule has 0 spiro atoms. The minimum absolute atomic E-state index is 0.108. The molecule has 3 N–H and O–H groups in total. The fraction of sp³-hybridized carbons (Fsp3) is 0.500. The summed E-state index contributed by atoms with van der Waals surface area (Å²) in [5.74, 6) is -0.170. The molecule has 3 heterocycles. The van der Waals surface area contributed by atoms with Crippen LogP contribution in [0.5, 0.6) is 5.75 Å². The molecule has 2 aromatic carbocycles. The summed E-state index contributed by atoms with van der Waals surface area (Å²) in [6.07, 6.45) is 6.07. The van der Waals surface area contributed by atoms with Crippen molar-refractivity contribution in [3.8, 4) is 5.75 Å². The fourth-order valence-corrected chi connectivity index (χ4v) is 13.3. The molecule has 0 aliphatic carbocycles. The second-order valence-corrected chi connectivity index (χ2v) is 21.2. The SMILES string of the molecule is CC(C)(C)[PH](C)([C@H]1CCCN1CCCCOc1ccc2c(Nc3cc(CC(=O)Nc4cccc(F)c4F)[nH]n3)ncnc2c1)C(C)(C)C. The zero-order valence-electron chi connectivity index (χ0n) is 29.2. The van der Waals surface area contributed by atoms with Gasteiger partial charge < -0.3 is 10.6 Å². The third kappa shape index (κ3) is 7.78. The Morgan fingerprint density at radius 2 is 1.83 bits per heavy atom. The molecule has 2 aromatic heterocycles. The number of carbonyl (C=O) groups excluding carboxylic acids is 1. The van der Waals surface area contributed by atoms with Crippen LogP contribution in [-0.2, 0) is 11.2 Å². The Balaban J connectivity index is 1.13. The number of halogens is 2. The summed E-state index contributed by atoms with van der Waals surface area (Å²) < 4.78 is 33.5. The second kappa shape index (κ2) is 14.4. The third-order valence-corrected chi connectivity index (χ3v) is 18.5. The molecule has 48 heavy (non-hydrogen) atoms. The van der Waals surface area contributed by atoms with Gasteiger partial charge in [0, 0.05) is 11.8 Å². The van der Waals surface area contributed by atoms with Crippen molar-refractivity contribution in [1.82, 2.24) is 25.1 Å². The van der Waals surface area contributed by atoms with Crippen LogP contribution in [0, 0.1) is 11.6 Å². The predicted octanol–water partition coefficient (Wildman–Crippen LogP) is 8.11. The van der Waals surface area contributed by atoms with Crippen LogP contribution in [0.25, 0.3) is 10.9 Å². The van der Waals surface area contributed by atoms with Crippen LogP contribution in [0.2, 0.25) is 0 Å². The number of H-pyrrole nitrogens is 1.